The van der Waals surface area contributed by atoms with Crippen LogP contribution in [0.2, 0.25) is 0 Å². The topological polar surface area (TPSA) is 33.1 Å². The quantitative estimate of drug-likeness (QED) is 0.733. The van der Waals surface area contributed by atoms with Crippen LogP contribution in [0.4, 0.5) is 0 Å². The normalized spacial score (nSPS) is 10.6. The molecule has 0 aliphatic heterocycles. The summed E-state index contributed by atoms with van der Waals surface area (Å²) in [5, 5.41) is 10.3. The third-order valence-electron chi connectivity index (χ3n) is 3.75. The van der Waals surface area contributed by atoms with E-state index < -0.39 is 0 Å². The van der Waals surface area contributed by atoms with Crippen molar-refractivity contribution in [2.45, 2.75) is 13.8 Å². The monoisotopic (exact) mass is 275 g/mol. The van der Waals surface area contributed by atoms with E-state index in [0.29, 0.717) is 5.75 Å². The first-order valence-corrected chi connectivity index (χ1v) is 6.97. The summed E-state index contributed by atoms with van der Waals surface area (Å²) in [4.78, 5) is 4.21. The van der Waals surface area contributed by atoms with E-state index in [1.807, 2.05) is 43.5 Å². The van der Waals surface area contributed by atoms with E-state index in [9.17, 15) is 5.11 Å². The van der Waals surface area contributed by atoms with Crippen LogP contribution in [0.25, 0.3) is 22.3 Å². The zero-order valence-corrected chi connectivity index (χ0v) is 12.2. The van der Waals surface area contributed by atoms with Gasteiger partial charge in [-0.3, -0.25) is 4.98 Å². The molecule has 21 heavy (non-hydrogen) atoms. The van der Waals surface area contributed by atoms with Crippen LogP contribution in [0.5, 0.6) is 5.75 Å². The van der Waals surface area contributed by atoms with Crippen LogP contribution in [0, 0.1) is 13.8 Å². The molecule has 0 amide bonds. The fraction of sp³-hybridized carbons (Fsp3) is 0.105. The van der Waals surface area contributed by atoms with Crippen molar-refractivity contribution < 1.29 is 5.11 Å². The fourth-order valence-electron chi connectivity index (χ4n) is 2.74. The number of aryl methyl sites for hydroxylation is 2. The Kier molecular flexibility index (Phi) is 3.44. The van der Waals surface area contributed by atoms with E-state index >= 15 is 0 Å². The summed E-state index contributed by atoms with van der Waals surface area (Å²) in [6, 6.07) is 15.8. The van der Waals surface area contributed by atoms with Crippen molar-refractivity contribution in [3.8, 4) is 28.0 Å². The van der Waals surface area contributed by atoms with Crippen LogP contribution in [0.15, 0.2) is 60.9 Å². The highest BCUT2D eigenvalue weighted by Gasteiger charge is 2.15. The van der Waals surface area contributed by atoms with Gasteiger partial charge in [-0.2, -0.15) is 0 Å². The van der Waals surface area contributed by atoms with Crippen LogP contribution in [-0.4, -0.2) is 10.1 Å². The van der Waals surface area contributed by atoms with Crippen molar-refractivity contribution in [2.75, 3.05) is 0 Å². The molecule has 2 aromatic carbocycles. The first kappa shape index (κ1) is 13.4. The molecule has 1 N–H and O–H groups in total. The van der Waals surface area contributed by atoms with E-state index in [1.54, 1.807) is 12.3 Å². The lowest BCUT2D eigenvalue weighted by Crippen LogP contribution is -1.92. The van der Waals surface area contributed by atoms with E-state index in [0.717, 1.165) is 33.4 Å². The second kappa shape index (κ2) is 5.41. The van der Waals surface area contributed by atoms with Gasteiger partial charge in [0.1, 0.15) is 5.75 Å². The number of aromatic nitrogens is 1. The number of aromatic hydroxyl groups is 1. The van der Waals surface area contributed by atoms with Gasteiger partial charge in [0.25, 0.3) is 0 Å². The average molecular weight is 275 g/mol. The number of phenols is 1. The van der Waals surface area contributed by atoms with E-state index in [1.165, 1.54) is 0 Å². The standard InChI is InChI=1S/C19H17NO/c1-13-6-3-9-16(15-8-5-11-20-12-15)18(13)19-14(2)7-4-10-17(19)21/h3-12,21H,1-2H3. The lowest BCUT2D eigenvalue weighted by molar-refractivity contribution is 0.477. The van der Waals surface area contributed by atoms with Crippen molar-refractivity contribution in [1.29, 1.82) is 0 Å². The Bertz CT molecular complexity index is 759. The van der Waals surface area contributed by atoms with Gasteiger partial charge in [-0.1, -0.05) is 36.4 Å². The first-order valence-electron chi connectivity index (χ1n) is 6.97. The molecule has 0 saturated carbocycles. The molecule has 0 unspecified atom stereocenters. The summed E-state index contributed by atoms with van der Waals surface area (Å²) in [5.74, 6) is 0.314. The maximum absolute atomic E-state index is 10.3. The van der Waals surface area contributed by atoms with Gasteiger partial charge in [-0.25, -0.2) is 0 Å². The number of hydrogen-bond donors (Lipinski definition) is 1. The molecule has 1 aromatic heterocycles. The van der Waals surface area contributed by atoms with Crippen LogP contribution in [0.1, 0.15) is 11.1 Å². The van der Waals surface area contributed by atoms with Gasteiger partial charge in [0.2, 0.25) is 0 Å². The Morgan fingerprint density at radius 1 is 0.810 bits per heavy atom. The zero-order chi connectivity index (χ0) is 14.8. The van der Waals surface area contributed by atoms with Gasteiger partial charge in [0.05, 0.1) is 0 Å². The van der Waals surface area contributed by atoms with Gasteiger partial charge in [0.15, 0.2) is 0 Å². The van der Waals surface area contributed by atoms with Crippen molar-refractivity contribution in [3.63, 3.8) is 0 Å². The highest BCUT2D eigenvalue weighted by Crippen LogP contribution is 2.40. The van der Waals surface area contributed by atoms with Crippen LogP contribution in [0.3, 0.4) is 0 Å². The number of hydrogen-bond acceptors (Lipinski definition) is 2. The minimum absolute atomic E-state index is 0.314. The second-order valence-electron chi connectivity index (χ2n) is 5.21. The van der Waals surface area contributed by atoms with E-state index in [4.69, 9.17) is 0 Å². The molecule has 0 fully saturated rings. The highest BCUT2D eigenvalue weighted by atomic mass is 16.3. The predicted molar refractivity (Wildman–Crippen MR) is 86.2 cm³/mol. The van der Waals surface area contributed by atoms with Crippen molar-refractivity contribution >= 4 is 0 Å². The molecule has 0 bridgehead atoms. The molecule has 0 spiro atoms. The summed E-state index contributed by atoms with van der Waals surface area (Å²) in [6.45, 7) is 4.09. The van der Waals surface area contributed by atoms with Crippen molar-refractivity contribution in [2.24, 2.45) is 0 Å². The molecule has 0 aliphatic rings. The van der Waals surface area contributed by atoms with Gasteiger partial charge in [-0.05, 0) is 48.2 Å². The zero-order valence-electron chi connectivity index (χ0n) is 12.2. The smallest absolute Gasteiger partial charge is 0.123 e. The third-order valence-corrected chi connectivity index (χ3v) is 3.75. The molecule has 0 saturated heterocycles. The summed E-state index contributed by atoms with van der Waals surface area (Å²) in [7, 11) is 0. The lowest BCUT2D eigenvalue weighted by atomic mass is 9.89. The minimum atomic E-state index is 0.314. The van der Waals surface area contributed by atoms with Crippen molar-refractivity contribution in [3.05, 3.63) is 72.1 Å². The fourth-order valence-corrected chi connectivity index (χ4v) is 2.74. The molecule has 0 atom stereocenters. The number of benzene rings is 2. The van der Waals surface area contributed by atoms with Crippen molar-refractivity contribution in [1.82, 2.24) is 4.98 Å². The number of phenolic OH excluding ortho intramolecular Hbond substituents is 1. The number of pyridine rings is 1. The molecule has 2 nitrogen and oxygen atoms in total. The largest absolute Gasteiger partial charge is 0.507 e. The third kappa shape index (κ3) is 2.40. The predicted octanol–water partition coefficient (Wildman–Crippen LogP) is 4.74. The molecular weight excluding hydrogens is 258 g/mol. The Hall–Kier alpha value is -2.61. The Morgan fingerprint density at radius 3 is 2.19 bits per heavy atom. The van der Waals surface area contributed by atoms with E-state index in [2.05, 4.69) is 24.0 Å². The Labute approximate surface area is 124 Å². The molecular formula is C19H17NO. The molecule has 0 radical (unpaired) electrons. The molecule has 2 heteroatoms. The summed E-state index contributed by atoms with van der Waals surface area (Å²) in [6.07, 6.45) is 3.62. The maximum Gasteiger partial charge on any atom is 0.123 e. The molecule has 3 rings (SSSR count). The lowest BCUT2D eigenvalue weighted by Gasteiger charge is -2.16. The Morgan fingerprint density at radius 2 is 1.52 bits per heavy atom. The molecule has 3 aromatic rings. The van der Waals surface area contributed by atoms with Gasteiger partial charge in [-0.15, -0.1) is 0 Å². The number of rotatable bonds is 2. The van der Waals surface area contributed by atoms with E-state index in [-0.39, 0.29) is 0 Å². The van der Waals surface area contributed by atoms with Crippen LogP contribution < -0.4 is 0 Å². The first-order chi connectivity index (χ1) is 10.2. The minimum Gasteiger partial charge on any atom is -0.507 e. The summed E-state index contributed by atoms with van der Waals surface area (Å²) in [5.41, 5.74) is 6.32. The SMILES string of the molecule is Cc1cccc(O)c1-c1c(C)cccc1-c1cccnc1. The van der Waals surface area contributed by atoms with Crippen LogP contribution >= 0.6 is 0 Å². The second-order valence-corrected chi connectivity index (χ2v) is 5.21. The average Bonchev–Trinajstić information content (AvgIpc) is 2.49. The molecule has 1 heterocycles. The molecule has 104 valence electrons. The maximum atomic E-state index is 10.3. The number of nitrogens with zero attached hydrogens (tertiary/aromatic N) is 1. The molecule has 0 aliphatic carbocycles. The van der Waals surface area contributed by atoms with Gasteiger partial charge in [0, 0.05) is 23.5 Å². The summed E-state index contributed by atoms with van der Waals surface area (Å²) < 4.78 is 0. The van der Waals surface area contributed by atoms with Gasteiger partial charge < -0.3 is 5.11 Å². The van der Waals surface area contributed by atoms with Gasteiger partial charge >= 0.3 is 0 Å². The Balaban J connectivity index is 2.33. The summed E-state index contributed by atoms with van der Waals surface area (Å²) >= 11 is 0. The van der Waals surface area contributed by atoms with Crippen LogP contribution in [-0.2, 0) is 0 Å². The highest BCUT2D eigenvalue weighted by molar-refractivity contribution is 5.89.